The number of hydrogen-bond acceptors (Lipinski definition) is 2. The Balaban J connectivity index is 0.00000180. The van der Waals surface area contributed by atoms with E-state index in [2.05, 4.69) is 19.2 Å². The van der Waals surface area contributed by atoms with E-state index in [4.69, 9.17) is 5.73 Å². The van der Waals surface area contributed by atoms with E-state index in [1.165, 1.54) is 12.8 Å². The van der Waals surface area contributed by atoms with Crippen LogP contribution in [-0.2, 0) is 6.42 Å². The molecule has 0 heterocycles. The number of aryl methyl sites for hydroxylation is 1. The van der Waals surface area contributed by atoms with Gasteiger partial charge < -0.3 is 11.1 Å². The lowest BCUT2D eigenvalue weighted by molar-refractivity contribution is 0.0897. The summed E-state index contributed by atoms with van der Waals surface area (Å²) in [6.07, 6.45) is 3.21. The van der Waals surface area contributed by atoms with Crippen LogP contribution in [0, 0.1) is 5.92 Å². The molecule has 1 amide bonds. The van der Waals surface area contributed by atoms with Crippen LogP contribution in [-0.4, -0.2) is 18.0 Å². The summed E-state index contributed by atoms with van der Waals surface area (Å²) in [5.74, 6) is 0.549. The summed E-state index contributed by atoms with van der Waals surface area (Å²) in [6.45, 7) is 4.62. The van der Waals surface area contributed by atoms with Gasteiger partial charge >= 0.3 is 0 Å². The number of halogens is 1. The Hall–Kier alpha value is -1.06. The van der Waals surface area contributed by atoms with Crippen molar-refractivity contribution >= 4 is 18.3 Å². The molecule has 0 spiro atoms. The van der Waals surface area contributed by atoms with Gasteiger partial charge in [0, 0.05) is 12.1 Å². The zero-order chi connectivity index (χ0) is 13.2. The summed E-state index contributed by atoms with van der Waals surface area (Å²) in [4.78, 5) is 12.4. The summed E-state index contributed by atoms with van der Waals surface area (Å²) in [5.41, 5.74) is 7.44. The summed E-state index contributed by atoms with van der Waals surface area (Å²) >= 11 is 0. The van der Waals surface area contributed by atoms with E-state index in [0.717, 1.165) is 17.5 Å². The van der Waals surface area contributed by atoms with E-state index >= 15 is 0 Å². The summed E-state index contributed by atoms with van der Waals surface area (Å²) in [7, 11) is 0. The molecule has 0 aromatic heterocycles. The van der Waals surface area contributed by atoms with Gasteiger partial charge in [0.25, 0.3) is 5.91 Å². The molecule has 3 N–H and O–H groups in total. The number of hydrogen-bond donors (Lipinski definition) is 2. The first-order chi connectivity index (χ1) is 8.60. The third kappa shape index (κ3) is 3.48. The topological polar surface area (TPSA) is 55.1 Å². The molecule has 1 saturated carbocycles. The zero-order valence-corrected chi connectivity index (χ0v) is 12.4. The second-order valence-electron chi connectivity index (χ2n) is 5.36. The molecule has 0 aliphatic heterocycles. The minimum absolute atomic E-state index is 0. The van der Waals surface area contributed by atoms with Gasteiger partial charge in [0.15, 0.2) is 0 Å². The standard InChI is InChI=1S/C15H22N2O.ClH/c1-3-11-6-4-5-7-13(11)14(18)17-15(2,10-16)12-8-9-12;/h4-7,12H,3,8-10,16H2,1-2H3,(H,17,18);1H. The lowest BCUT2D eigenvalue weighted by Crippen LogP contribution is -2.53. The van der Waals surface area contributed by atoms with Crippen LogP contribution >= 0.6 is 12.4 Å². The molecular weight excluding hydrogens is 260 g/mol. The number of rotatable bonds is 5. The van der Waals surface area contributed by atoms with Gasteiger partial charge in [-0.3, -0.25) is 4.79 Å². The normalized spacial score (nSPS) is 17.2. The first kappa shape index (κ1) is 16.0. The predicted octanol–water partition coefficient (Wildman–Crippen LogP) is 2.53. The largest absolute Gasteiger partial charge is 0.345 e. The molecule has 1 fully saturated rings. The van der Waals surface area contributed by atoms with Gasteiger partial charge in [-0.2, -0.15) is 0 Å². The van der Waals surface area contributed by atoms with Crippen LogP contribution in [0.5, 0.6) is 0 Å². The van der Waals surface area contributed by atoms with Crippen molar-refractivity contribution in [2.45, 2.75) is 38.6 Å². The van der Waals surface area contributed by atoms with E-state index in [1.807, 2.05) is 24.3 Å². The van der Waals surface area contributed by atoms with E-state index in [1.54, 1.807) is 0 Å². The Labute approximate surface area is 121 Å². The summed E-state index contributed by atoms with van der Waals surface area (Å²) in [5, 5.41) is 3.13. The third-order valence-electron chi connectivity index (χ3n) is 3.94. The Morgan fingerprint density at radius 1 is 1.42 bits per heavy atom. The first-order valence-corrected chi connectivity index (χ1v) is 6.71. The first-order valence-electron chi connectivity index (χ1n) is 6.71. The van der Waals surface area contributed by atoms with Gasteiger partial charge in [-0.1, -0.05) is 25.1 Å². The molecule has 3 nitrogen and oxygen atoms in total. The van der Waals surface area contributed by atoms with E-state index in [0.29, 0.717) is 12.5 Å². The molecule has 106 valence electrons. The van der Waals surface area contributed by atoms with Crippen LogP contribution in [0.2, 0.25) is 0 Å². The zero-order valence-electron chi connectivity index (χ0n) is 11.6. The van der Waals surface area contributed by atoms with Gasteiger partial charge in [0.05, 0.1) is 5.54 Å². The molecule has 1 unspecified atom stereocenters. The maximum atomic E-state index is 12.4. The fraction of sp³-hybridized carbons (Fsp3) is 0.533. The average Bonchev–Trinajstić information content (AvgIpc) is 3.23. The molecule has 19 heavy (non-hydrogen) atoms. The van der Waals surface area contributed by atoms with E-state index in [-0.39, 0.29) is 23.9 Å². The lowest BCUT2D eigenvalue weighted by atomic mass is 9.94. The highest BCUT2D eigenvalue weighted by Crippen LogP contribution is 2.39. The highest BCUT2D eigenvalue weighted by atomic mass is 35.5. The van der Waals surface area contributed by atoms with Gasteiger partial charge in [-0.15, -0.1) is 12.4 Å². The molecule has 0 radical (unpaired) electrons. The van der Waals surface area contributed by atoms with Crippen molar-refractivity contribution in [2.24, 2.45) is 11.7 Å². The Bertz CT molecular complexity index is 446. The van der Waals surface area contributed by atoms with Gasteiger partial charge in [0.1, 0.15) is 0 Å². The monoisotopic (exact) mass is 282 g/mol. The molecule has 1 aromatic rings. The number of carbonyl (C=O) groups excluding carboxylic acids is 1. The van der Waals surface area contributed by atoms with Crippen LogP contribution in [0.1, 0.15) is 42.6 Å². The van der Waals surface area contributed by atoms with Gasteiger partial charge in [0.2, 0.25) is 0 Å². The molecule has 0 saturated heterocycles. The Kier molecular flexibility index (Phi) is 5.39. The van der Waals surface area contributed by atoms with Crippen molar-refractivity contribution in [2.75, 3.05) is 6.54 Å². The molecule has 1 aromatic carbocycles. The second-order valence-corrected chi connectivity index (χ2v) is 5.36. The number of amides is 1. The fourth-order valence-corrected chi connectivity index (χ4v) is 2.42. The van der Waals surface area contributed by atoms with Crippen molar-refractivity contribution in [1.29, 1.82) is 0 Å². The molecule has 0 bridgehead atoms. The Morgan fingerprint density at radius 2 is 2.05 bits per heavy atom. The molecule has 1 aliphatic rings. The quantitative estimate of drug-likeness (QED) is 0.872. The predicted molar refractivity (Wildman–Crippen MR) is 80.7 cm³/mol. The average molecular weight is 283 g/mol. The Morgan fingerprint density at radius 3 is 2.58 bits per heavy atom. The van der Waals surface area contributed by atoms with Crippen molar-refractivity contribution in [1.82, 2.24) is 5.32 Å². The number of benzene rings is 1. The van der Waals surface area contributed by atoms with Crippen molar-refractivity contribution < 1.29 is 4.79 Å². The fourth-order valence-electron chi connectivity index (χ4n) is 2.42. The SMILES string of the molecule is CCc1ccccc1C(=O)NC(C)(CN)C1CC1.Cl. The molecule has 1 aliphatic carbocycles. The van der Waals surface area contributed by atoms with Crippen LogP contribution < -0.4 is 11.1 Å². The van der Waals surface area contributed by atoms with Crippen molar-refractivity contribution in [3.63, 3.8) is 0 Å². The van der Waals surface area contributed by atoms with E-state index in [9.17, 15) is 4.79 Å². The maximum Gasteiger partial charge on any atom is 0.252 e. The highest BCUT2D eigenvalue weighted by Gasteiger charge is 2.41. The lowest BCUT2D eigenvalue weighted by Gasteiger charge is -2.29. The summed E-state index contributed by atoms with van der Waals surface area (Å²) in [6, 6.07) is 7.77. The maximum absolute atomic E-state index is 12.4. The summed E-state index contributed by atoms with van der Waals surface area (Å²) < 4.78 is 0. The molecular formula is C15H23ClN2O. The van der Waals surface area contributed by atoms with Crippen LogP contribution in [0.15, 0.2) is 24.3 Å². The number of nitrogens with one attached hydrogen (secondary N) is 1. The van der Waals surface area contributed by atoms with Crippen LogP contribution in [0.3, 0.4) is 0 Å². The minimum Gasteiger partial charge on any atom is -0.345 e. The minimum atomic E-state index is -0.252. The van der Waals surface area contributed by atoms with Crippen molar-refractivity contribution in [3.8, 4) is 0 Å². The highest BCUT2D eigenvalue weighted by molar-refractivity contribution is 5.96. The molecule has 4 heteroatoms. The van der Waals surface area contributed by atoms with Gasteiger partial charge in [-0.05, 0) is 43.7 Å². The molecule has 2 rings (SSSR count). The molecule has 1 atom stereocenters. The van der Waals surface area contributed by atoms with Gasteiger partial charge in [-0.25, -0.2) is 0 Å². The second kappa shape index (κ2) is 6.40. The van der Waals surface area contributed by atoms with Crippen LogP contribution in [0.4, 0.5) is 0 Å². The van der Waals surface area contributed by atoms with E-state index < -0.39 is 0 Å². The number of carbonyl (C=O) groups is 1. The third-order valence-corrected chi connectivity index (χ3v) is 3.94. The van der Waals surface area contributed by atoms with Crippen molar-refractivity contribution in [3.05, 3.63) is 35.4 Å². The number of nitrogens with two attached hydrogens (primary N) is 1. The smallest absolute Gasteiger partial charge is 0.252 e. The van der Waals surface area contributed by atoms with Crippen LogP contribution in [0.25, 0.3) is 0 Å².